The molecule has 2 aliphatic heterocycles. The molecule has 2 fully saturated rings. The van der Waals surface area contributed by atoms with Gasteiger partial charge in [0, 0.05) is 12.3 Å². The number of nitrogen functional groups attached to an aromatic ring is 1. The minimum absolute atomic E-state index is 0.0524. The number of aromatic hydroxyl groups is 1. The summed E-state index contributed by atoms with van der Waals surface area (Å²) in [5, 5.41) is 23.7. The highest BCUT2D eigenvalue weighted by molar-refractivity contribution is 8.13. The van der Waals surface area contributed by atoms with Gasteiger partial charge in [0.05, 0.1) is 31.6 Å². The third kappa shape index (κ3) is 6.14. The number of alkyl carbamates (subject to hydrolysis) is 1. The smallest absolute Gasteiger partial charge is 0.475 e. The summed E-state index contributed by atoms with van der Waals surface area (Å²) in [5.74, 6) is -0.503. The Morgan fingerprint density at radius 1 is 1.41 bits per heavy atom. The van der Waals surface area contributed by atoms with E-state index in [1.54, 1.807) is 20.8 Å². The number of nitrogens with two attached hydrogens (primary N) is 1. The van der Waals surface area contributed by atoms with Crippen LogP contribution >= 0.6 is 19.6 Å². The van der Waals surface area contributed by atoms with Gasteiger partial charge in [-0.2, -0.15) is 9.97 Å². The fourth-order valence-electron chi connectivity index (χ4n) is 4.06. The van der Waals surface area contributed by atoms with Gasteiger partial charge in [-0.1, -0.05) is 25.6 Å². The first kappa shape index (κ1) is 29.5. The molecule has 16 nitrogen and oxygen atoms in total. The first-order valence-electron chi connectivity index (χ1n) is 12.0. The van der Waals surface area contributed by atoms with Gasteiger partial charge < -0.3 is 30.7 Å². The molecule has 2 saturated heterocycles. The monoisotopic (exact) mass is 590 g/mol. The summed E-state index contributed by atoms with van der Waals surface area (Å²) in [4.78, 5) is 35.9. The second-order valence-corrected chi connectivity index (χ2v) is 12.4. The molecule has 0 bridgehead atoms. The van der Waals surface area contributed by atoms with Gasteiger partial charge in [0.2, 0.25) is 11.8 Å². The van der Waals surface area contributed by atoms with Gasteiger partial charge >= 0.3 is 13.9 Å². The minimum Gasteiger partial charge on any atom is -0.492 e. The minimum atomic E-state index is -4.11. The molecular formula is C21H31N6O10PS. The van der Waals surface area contributed by atoms with E-state index in [0.717, 1.165) is 11.8 Å². The number of hydrogen-bond donors (Lipinski definition) is 4. The van der Waals surface area contributed by atoms with Crippen LogP contribution in [-0.2, 0) is 32.4 Å². The van der Waals surface area contributed by atoms with Crippen LogP contribution in [0.2, 0.25) is 0 Å². The molecule has 1 amide bonds. The molecule has 2 aromatic heterocycles. The number of nitrogens with zero attached hydrogens (tertiary/aromatic N) is 4. The molecule has 4 rings (SSSR count). The average molecular weight is 591 g/mol. The van der Waals surface area contributed by atoms with Gasteiger partial charge in [0.25, 0.3) is 0 Å². The van der Waals surface area contributed by atoms with Crippen molar-refractivity contribution < 1.29 is 47.4 Å². The zero-order chi connectivity index (χ0) is 28.6. The molecule has 39 heavy (non-hydrogen) atoms. The average Bonchev–Trinajstić information content (AvgIpc) is 3.38. The van der Waals surface area contributed by atoms with Crippen molar-refractivity contribution in [1.29, 1.82) is 0 Å². The number of phosphoric acid groups is 1. The van der Waals surface area contributed by atoms with Crippen molar-refractivity contribution in [2.45, 2.75) is 51.7 Å². The number of imidazole rings is 1. The normalized spacial score (nSPS) is 28.8. The summed E-state index contributed by atoms with van der Waals surface area (Å²) in [6.07, 6.45) is -2.36. The predicted molar refractivity (Wildman–Crippen MR) is 137 cm³/mol. The lowest BCUT2D eigenvalue weighted by molar-refractivity contribution is -0.117. The maximum absolute atomic E-state index is 13.2. The second-order valence-electron chi connectivity index (χ2n) is 9.68. The van der Waals surface area contributed by atoms with Crippen LogP contribution in [0.25, 0.3) is 11.2 Å². The summed E-state index contributed by atoms with van der Waals surface area (Å²) in [6, 6.07) is 0. The second kappa shape index (κ2) is 11.2. The SMILES string of the molecule is CCOC(=O)NCC(C)(C)C(=O)SCCO[P@@]1(=O)OC[C@H]2O[C@@H](n3cnc4c(O)nc(N)nc43)[C@](C)(O)[C@@H]2O1. The number of rotatable bonds is 9. The number of phosphoric ester groups is 1. The molecule has 0 spiro atoms. The van der Waals surface area contributed by atoms with Crippen molar-refractivity contribution in [1.82, 2.24) is 24.8 Å². The van der Waals surface area contributed by atoms with Crippen molar-refractivity contribution in [2.75, 3.05) is 37.9 Å². The number of fused-ring (bicyclic) bond motifs is 2. The number of aromatic nitrogens is 4. The number of nitrogens with one attached hydrogen (secondary N) is 1. The zero-order valence-corrected chi connectivity index (χ0v) is 23.4. The van der Waals surface area contributed by atoms with E-state index in [0.29, 0.717) is 0 Å². The Labute approximate surface area is 227 Å². The van der Waals surface area contributed by atoms with Crippen molar-refractivity contribution in [2.24, 2.45) is 5.41 Å². The van der Waals surface area contributed by atoms with E-state index < -0.39 is 49.2 Å². The van der Waals surface area contributed by atoms with E-state index in [4.69, 9.17) is 28.8 Å². The molecule has 0 radical (unpaired) electrons. The molecule has 2 aliphatic rings. The van der Waals surface area contributed by atoms with Gasteiger partial charge in [-0.3, -0.25) is 22.9 Å². The Hall–Kier alpha value is -2.53. The molecule has 5 N–H and O–H groups in total. The van der Waals surface area contributed by atoms with Gasteiger partial charge in [-0.25, -0.2) is 14.3 Å². The molecule has 0 saturated carbocycles. The first-order valence-corrected chi connectivity index (χ1v) is 14.4. The molecule has 4 heterocycles. The number of carbonyl (C=O) groups excluding carboxylic acids is 2. The van der Waals surface area contributed by atoms with Crippen molar-refractivity contribution in [3.05, 3.63) is 6.33 Å². The fourth-order valence-corrected chi connectivity index (χ4v) is 6.46. The van der Waals surface area contributed by atoms with Gasteiger partial charge in [0.1, 0.15) is 17.8 Å². The predicted octanol–water partition coefficient (Wildman–Crippen LogP) is 1.33. The summed E-state index contributed by atoms with van der Waals surface area (Å²) >= 11 is 0.942. The summed E-state index contributed by atoms with van der Waals surface area (Å²) in [7, 11) is -4.11. The molecule has 0 unspecified atom stereocenters. The van der Waals surface area contributed by atoms with E-state index in [1.165, 1.54) is 17.8 Å². The van der Waals surface area contributed by atoms with Crippen LogP contribution in [0.5, 0.6) is 5.88 Å². The Morgan fingerprint density at radius 2 is 2.15 bits per heavy atom. The fraction of sp³-hybridized carbons (Fsp3) is 0.667. The van der Waals surface area contributed by atoms with E-state index in [-0.39, 0.29) is 54.3 Å². The molecule has 2 aromatic rings. The van der Waals surface area contributed by atoms with Gasteiger partial charge in [-0.05, 0) is 13.8 Å². The van der Waals surface area contributed by atoms with Crippen LogP contribution in [0.3, 0.4) is 0 Å². The maximum atomic E-state index is 13.2. The Balaban J connectivity index is 1.34. The number of aliphatic hydroxyl groups is 1. The van der Waals surface area contributed by atoms with Crippen molar-refractivity contribution in [3.8, 4) is 5.88 Å². The van der Waals surface area contributed by atoms with Gasteiger partial charge in [-0.15, -0.1) is 0 Å². The lowest BCUT2D eigenvalue weighted by Gasteiger charge is -2.35. The van der Waals surface area contributed by atoms with Crippen LogP contribution in [0.4, 0.5) is 10.7 Å². The lowest BCUT2D eigenvalue weighted by Crippen LogP contribution is -2.47. The summed E-state index contributed by atoms with van der Waals surface area (Å²) in [6.45, 7) is 6.39. The highest BCUT2D eigenvalue weighted by Crippen LogP contribution is 2.58. The van der Waals surface area contributed by atoms with E-state index in [2.05, 4.69) is 20.3 Å². The van der Waals surface area contributed by atoms with E-state index >= 15 is 0 Å². The molecule has 18 heteroatoms. The molecule has 0 aromatic carbocycles. The van der Waals surface area contributed by atoms with Crippen LogP contribution in [-0.4, -0.2) is 90.9 Å². The highest BCUT2D eigenvalue weighted by Gasteiger charge is 2.60. The maximum Gasteiger partial charge on any atom is 0.475 e. The number of hydrogen-bond acceptors (Lipinski definition) is 15. The molecule has 5 atom stereocenters. The number of carbonyl (C=O) groups is 2. The molecule has 216 valence electrons. The van der Waals surface area contributed by atoms with Crippen LogP contribution < -0.4 is 11.1 Å². The quantitative estimate of drug-likeness (QED) is 0.239. The zero-order valence-electron chi connectivity index (χ0n) is 21.7. The van der Waals surface area contributed by atoms with Crippen molar-refractivity contribution in [3.63, 3.8) is 0 Å². The van der Waals surface area contributed by atoms with Crippen LogP contribution in [0.15, 0.2) is 6.33 Å². The Kier molecular flexibility index (Phi) is 8.42. The highest BCUT2D eigenvalue weighted by atomic mass is 32.2. The molecular weight excluding hydrogens is 559 g/mol. The number of amides is 1. The summed E-state index contributed by atoms with van der Waals surface area (Å²) < 4.78 is 41.6. The topological polar surface area (TPSA) is 219 Å². The standard InChI is InChI=1S/C21H31N6O10PS/c1-5-33-19(30)23-9-20(2,3)17(29)39-7-6-34-38(32)35-8-11-13(37-38)21(4,31)16(36-11)27-10-24-12-14(27)25-18(22)26-15(12)28/h10-11,13,16,31H,5-9H2,1-4H3,(H,23,30)(H3,22,25,26,28)/t11-,13-,16-,21-,38+/m1/s1. The first-order chi connectivity index (χ1) is 18.3. The van der Waals surface area contributed by atoms with Crippen LogP contribution in [0, 0.1) is 5.41 Å². The molecule has 0 aliphatic carbocycles. The third-order valence-corrected chi connectivity index (χ3v) is 8.73. The number of ether oxygens (including phenoxy) is 2. The van der Waals surface area contributed by atoms with Crippen molar-refractivity contribution >= 4 is 47.9 Å². The Bertz CT molecular complexity index is 1290. The lowest BCUT2D eigenvalue weighted by atomic mass is 9.96. The summed E-state index contributed by atoms with van der Waals surface area (Å²) in [5.41, 5.74) is 3.17. The largest absolute Gasteiger partial charge is 0.492 e. The third-order valence-electron chi connectivity index (χ3n) is 6.10. The van der Waals surface area contributed by atoms with E-state index in [9.17, 15) is 24.4 Å². The van der Waals surface area contributed by atoms with Crippen LogP contribution in [0.1, 0.15) is 33.9 Å². The number of anilines is 1. The number of thioether (sulfide) groups is 1. The van der Waals surface area contributed by atoms with Gasteiger partial charge in [0.15, 0.2) is 22.5 Å². The van der Waals surface area contributed by atoms with E-state index in [1.807, 2.05) is 0 Å². The Morgan fingerprint density at radius 3 is 2.87 bits per heavy atom.